The van der Waals surface area contributed by atoms with E-state index in [2.05, 4.69) is 15.6 Å². The highest BCUT2D eigenvalue weighted by Crippen LogP contribution is 2.29. The summed E-state index contributed by atoms with van der Waals surface area (Å²) in [4.78, 5) is 27.7. The van der Waals surface area contributed by atoms with Crippen LogP contribution in [0.15, 0.2) is 40.0 Å². The number of ketones is 1. The molecular weight excluding hydrogens is 326 g/mol. The van der Waals surface area contributed by atoms with E-state index in [9.17, 15) is 9.59 Å². The largest absolute Gasteiger partial charge is 0.479 e. The normalized spacial score (nSPS) is 14.9. The lowest BCUT2D eigenvalue weighted by molar-refractivity contribution is -0.142. The summed E-state index contributed by atoms with van der Waals surface area (Å²) in [6.07, 6.45) is 1.36. The number of hydrogen-bond donors (Lipinski definition) is 2. The van der Waals surface area contributed by atoms with Gasteiger partial charge in [0.05, 0.1) is 11.4 Å². The van der Waals surface area contributed by atoms with E-state index in [0.717, 1.165) is 11.3 Å². The van der Waals surface area contributed by atoms with Crippen molar-refractivity contribution >= 4 is 29.0 Å². The van der Waals surface area contributed by atoms with Crippen molar-refractivity contribution in [3.63, 3.8) is 0 Å². The van der Waals surface area contributed by atoms with Crippen molar-refractivity contribution in [1.82, 2.24) is 5.16 Å². The molecule has 0 atom stereocenters. The lowest BCUT2D eigenvalue weighted by atomic mass is 9.92. The molecule has 0 amide bonds. The first-order valence-corrected chi connectivity index (χ1v) is 7.45. The van der Waals surface area contributed by atoms with Gasteiger partial charge < -0.3 is 19.8 Å². The number of rotatable bonds is 5. The van der Waals surface area contributed by atoms with Crippen LogP contribution in [0, 0.1) is 13.8 Å². The number of benzene rings is 1. The number of carbonyl (C=O) groups is 2. The van der Waals surface area contributed by atoms with Gasteiger partial charge >= 0.3 is 5.97 Å². The summed E-state index contributed by atoms with van der Waals surface area (Å²) in [5, 5.41) is 19.3. The van der Waals surface area contributed by atoms with Crippen molar-refractivity contribution < 1.29 is 24.1 Å². The molecule has 8 heteroatoms. The van der Waals surface area contributed by atoms with Crippen LogP contribution in [0.25, 0.3) is 5.70 Å². The van der Waals surface area contributed by atoms with E-state index in [1.165, 1.54) is 6.08 Å². The standard InChI is InChI=1S/C17H15N3O5/c1-9-10(2)19-25-17(9)18-13-7-14(21)16(20-24-8-15(22)23)12-6-4-3-5-11(12)13/h3-7,18H,8H2,1-2H3,(H,22,23)/b20-16-. The molecule has 3 rings (SSSR count). The third kappa shape index (κ3) is 3.27. The number of nitrogens with zero attached hydrogens (tertiary/aromatic N) is 2. The Hall–Kier alpha value is -3.42. The highest BCUT2D eigenvalue weighted by molar-refractivity contribution is 6.52. The van der Waals surface area contributed by atoms with Gasteiger partial charge in [-0.2, -0.15) is 0 Å². The second-order valence-corrected chi connectivity index (χ2v) is 5.42. The van der Waals surface area contributed by atoms with E-state index < -0.39 is 18.4 Å². The SMILES string of the molecule is Cc1noc(NC2=CC(=O)/C(=N\OCC(=O)O)c3ccccc32)c1C. The average molecular weight is 341 g/mol. The molecule has 2 N–H and O–H groups in total. The third-order valence-electron chi connectivity index (χ3n) is 3.73. The van der Waals surface area contributed by atoms with Crippen LogP contribution in [-0.2, 0) is 14.4 Å². The van der Waals surface area contributed by atoms with Crippen LogP contribution in [0.1, 0.15) is 22.4 Å². The molecule has 1 aliphatic carbocycles. The summed E-state index contributed by atoms with van der Waals surface area (Å²) in [6.45, 7) is 3.06. The van der Waals surface area contributed by atoms with E-state index in [1.54, 1.807) is 12.1 Å². The molecule has 0 radical (unpaired) electrons. The average Bonchev–Trinajstić information content (AvgIpc) is 2.89. The Morgan fingerprint density at radius 1 is 1.32 bits per heavy atom. The minimum Gasteiger partial charge on any atom is -0.479 e. The molecule has 8 nitrogen and oxygen atoms in total. The summed E-state index contributed by atoms with van der Waals surface area (Å²) in [7, 11) is 0. The van der Waals surface area contributed by atoms with Crippen LogP contribution in [0.3, 0.4) is 0 Å². The van der Waals surface area contributed by atoms with Gasteiger partial charge in [-0.15, -0.1) is 0 Å². The number of hydrogen-bond acceptors (Lipinski definition) is 7. The number of carbonyl (C=O) groups excluding carboxylic acids is 1. The van der Waals surface area contributed by atoms with Crippen molar-refractivity contribution in [2.24, 2.45) is 5.16 Å². The molecule has 1 aliphatic rings. The smallest absolute Gasteiger partial charge is 0.344 e. The lowest BCUT2D eigenvalue weighted by Gasteiger charge is -2.18. The maximum atomic E-state index is 12.4. The number of nitrogens with one attached hydrogen (secondary N) is 1. The Morgan fingerprint density at radius 3 is 2.68 bits per heavy atom. The Bertz CT molecular complexity index is 911. The molecule has 1 heterocycles. The molecule has 1 aromatic heterocycles. The molecule has 1 aromatic carbocycles. The number of aryl methyl sites for hydroxylation is 1. The monoisotopic (exact) mass is 341 g/mol. The quantitative estimate of drug-likeness (QED) is 0.801. The fourth-order valence-corrected chi connectivity index (χ4v) is 2.34. The Morgan fingerprint density at radius 2 is 2.04 bits per heavy atom. The van der Waals surface area contributed by atoms with Crippen molar-refractivity contribution in [1.29, 1.82) is 0 Å². The maximum absolute atomic E-state index is 12.4. The Labute approximate surface area is 142 Å². The molecule has 0 fully saturated rings. The predicted molar refractivity (Wildman–Crippen MR) is 89.2 cm³/mol. The molecule has 0 spiro atoms. The Kier molecular flexibility index (Phi) is 4.34. The Balaban J connectivity index is 1.96. The molecule has 2 aromatic rings. The number of aromatic nitrogens is 1. The van der Waals surface area contributed by atoms with Gasteiger partial charge in [-0.1, -0.05) is 34.6 Å². The van der Waals surface area contributed by atoms with E-state index in [4.69, 9.17) is 14.5 Å². The van der Waals surface area contributed by atoms with Crippen molar-refractivity contribution in [3.8, 4) is 0 Å². The van der Waals surface area contributed by atoms with Crippen molar-refractivity contribution in [3.05, 3.63) is 52.7 Å². The van der Waals surface area contributed by atoms with Crippen LogP contribution in [0.5, 0.6) is 0 Å². The molecule has 0 unspecified atom stereocenters. The van der Waals surface area contributed by atoms with Gasteiger partial charge in [0.1, 0.15) is 0 Å². The maximum Gasteiger partial charge on any atom is 0.344 e. The highest BCUT2D eigenvalue weighted by Gasteiger charge is 2.26. The molecule has 0 saturated heterocycles. The number of fused-ring (bicyclic) bond motifs is 1. The van der Waals surface area contributed by atoms with Gasteiger partial charge in [-0.25, -0.2) is 4.79 Å². The van der Waals surface area contributed by atoms with Crippen LogP contribution in [0.4, 0.5) is 5.88 Å². The molecule has 0 aliphatic heterocycles. The van der Waals surface area contributed by atoms with E-state index in [0.29, 0.717) is 22.7 Å². The van der Waals surface area contributed by atoms with E-state index >= 15 is 0 Å². The van der Waals surface area contributed by atoms with Gasteiger partial charge in [0.15, 0.2) is 5.71 Å². The van der Waals surface area contributed by atoms with E-state index in [1.807, 2.05) is 26.0 Å². The third-order valence-corrected chi connectivity index (χ3v) is 3.73. The fourth-order valence-electron chi connectivity index (χ4n) is 2.34. The number of allylic oxidation sites excluding steroid dienone is 1. The molecule has 0 saturated carbocycles. The summed E-state index contributed by atoms with van der Waals surface area (Å²) in [5.74, 6) is -1.12. The fraction of sp³-hybridized carbons (Fsp3) is 0.176. The topological polar surface area (TPSA) is 114 Å². The molecule has 25 heavy (non-hydrogen) atoms. The molecule has 128 valence electrons. The summed E-state index contributed by atoms with van der Waals surface area (Å²) < 4.78 is 5.23. The molecular formula is C17H15N3O5. The number of aliphatic carboxylic acids is 1. The first-order chi connectivity index (χ1) is 12.0. The number of carboxylic acid groups (broad SMARTS) is 1. The zero-order chi connectivity index (χ0) is 18.0. The van der Waals surface area contributed by atoms with Crippen molar-refractivity contribution in [2.45, 2.75) is 13.8 Å². The highest BCUT2D eigenvalue weighted by atomic mass is 16.6. The van der Waals surface area contributed by atoms with Gasteiger partial charge in [0, 0.05) is 22.8 Å². The van der Waals surface area contributed by atoms with Gasteiger partial charge in [0.25, 0.3) is 0 Å². The number of oxime groups is 1. The summed E-state index contributed by atoms with van der Waals surface area (Å²) >= 11 is 0. The second kappa shape index (κ2) is 6.60. The lowest BCUT2D eigenvalue weighted by Crippen LogP contribution is -2.23. The zero-order valence-corrected chi connectivity index (χ0v) is 13.6. The second-order valence-electron chi connectivity index (χ2n) is 5.42. The van der Waals surface area contributed by atoms with Gasteiger partial charge in [-0.05, 0) is 13.8 Å². The predicted octanol–water partition coefficient (Wildman–Crippen LogP) is 2.13. The van der Waals surface area contributed by atoms with Crippen LogP contribution >= 0.6 is 0 Å². The number of carboxylic acids is 1. The van der Waals surface area contributed by atoms with Crippen molar-refractivity contribution in [2.75, 3.05) is 11.9 Å². The summed E-state index contributed by atoms with van der Waals surface area (Å²) in [5.41, 5.74) is 3.44. The van der Waals surface area contributed by atoms with Crippen LogP contribution < -0.4 is 5.32 Å². The van der Waals surface area contributed by atoms with Crippen LogP contribution in [-0.4, -0.2) is 34.3 Å². The minimum atomic E-state index is -1.17. The minimum absolute atomic E-state index is 0.0490. The molecule has 0 bridgehead atoms. The number of anilines is 1. The van der Waals surface area contributed by atoms with Gasteiger partial charge in [0.2, 0.25) is 18.3 Å². The first kappa shape index (κ1) is 16.4. The first-order valence-electron chi connectivity index (χ1n) is 7.45. The summed E-state index contributed by atoms with van der Waals surface area (Å²) in [6, 6.07) is 7.10. The van der Waals surface area contributed by atoms with E-state index in [-0.39, 0.29) is 5.71 Å². The van der Waals surface area contributed by atoms with Gasteiger partial charge in [-0.3, -0.25) is 4.79 Å². The zero-order valence-electron chi connectivity index (χ0n) is 13.6. The van der Waals surface area contributed by atoms with Crippen LogP contribution in [0.2, 0.25) is 0 Å².